The van der Waals surface area contributed by atoms with E-state index in [1.165, 1.54) is 7.11 Å². The molecule has 2 aromatic carbocycles. The summed E-state index contributed by atoms with van der Waals surface area (Å²) in [5.41, 5.74) is 8.97. The van der Waals surface area contributed by atoms with E-state index in [2.05, 4.69) is 10.6 Å². The molecule has 0 radical (unpaired) electrons. The number of hydrogen-bond donors (Lipinski definition) is 3. The lowest BCUT2D eigenvalue weighted by Crippen LogP contribution is -2.28. The van der Waals surface area contributed by atoms with Crippen molar-refractivity contribution < 1.29 is 14.3 Å². The van der Waals surface area contributed by atoms with Crippen LogP contribution < -0.4 is 16.4 Å². The van der Waals surface area contributed by atoms with Crippen LogP contribution in [-0.2, 0) is 14.3 Å². The number of nitrogens with two attached hydrogens (primary N) is 1. The standard InChI is InChI=1S/C19H23N3O3/c1-12-7-9-14(10-8-12)17(20)19(24)22-16-6-4-5-15(11-16)21-18(23)13(2)25-3/h4-11,13,17H,20H2,1-3H3,(H,21,23)(H,22,24). The summed E-state index contributed by atoms with van der Waals surface area (Å²) in [5.74, 6) is -0.583. The molecule has 2 amide bonds. The number of rotatable bonds is 6. The van der Waals surface area contributed by atoms with E-state index >= 15 is 0 Å². The molecule has 2 unspecified atom stereocenters. The Morgan fingerprint density at radius 1 is 1.00 bits per heavy atom. The summed E-state index contributed by atoms with van der Waals surface area (Å²) in [6, 6.07) is 13.6. The first-order chi connectivity index (χ1) is 11.9. The van der Waals surface area contributed by atoms with Gasteiger partial charge in [0, 0.05) is 18.5 Å². The third-order valence-electron chi connectivity index (χ3n) is 3.84. The fraction of sp³-hybridized carbons (Fsp3) is 0.263. The molecule has 0 saturated heterocycles. The summed E-state index contributed by atoms with van der Waals surface area (Å²) in [7, 11) is 1.47. The van der Waals surface area contributed by atoms with Crippen LogP contribution in [0.3, 0.4) is 0 Å². The van der Waals surface area contributed by atoms with Crippen molar-refractivity contribution >= 4 is 23.2 Å². The molecule has 0 aliphatic heterocycles. The molecule has 2 atom stereocenters. The van der Waals surface area contributed by atoms with Crippen molar-refractivity contribution in [1.82, 2.24) is 0 Å². The highest BCUT2D eigenvalue weighted by atomic mass is 16.5. The maximum Gasteiger partial charge on any atom is 0.253 e. The first-order valence-electron chi connectivity index (χ1n) is 7.97. The molecule has 6 heteroatoms. The minimum atomic E-state index is -0.771. The van der Waals surface area contributed by atoms with E-state index in [1.807, 2.05) is 31.2 Å². The Balaban J connectivity index is 2.04. The van der Waals surface area contributed by atoms with Crippen LogP contribution in [0.5, 0.6) is 0 Å². The molecule has 0 bridgehead atoms. The van der Waals surface area contributed by atoms with Gasteiger partial charge in [-0.3, -0.25) is 9.59 Å². The maximum atomic E-state index is 12.3. The molecular weight excluding hydrogens is 318 g/mol. The Kier molecular flexibility index (Phi) is 6.27. The molecule has 0 aliphatic rings. The van der Waals surface area contributed by atoms with Crippen LogP contribution in [0.1, 0.15) is 24.1 Å². The van der Waals surface area contributed by atoms with Crippen molar-refractivity contribution in [3.8, 4) is 0 Å². The predicted octanol–water partition coefficient (Wildman–Crippen LogP) is 2.61. The highest BCUT2D eigenvalue weighted by Gasteiger charge is 2.16. The molecule has 6 nitrogen and oxygen atoms in total. The number of ether oxygens (including phenoxy) is 1. The number of benzene rings is 2. The van der Waals surface area contributed by atoms with Crippen LogP contribution in [0, 0.1) is 6.92 Å². The largest absolute Gasteiger partial charge is 0.372 e. The van der Waals surface area contributed by atoms with Gasteiger partial charge in [-0.15, -0.1) is 0 Å². The third-order valence-corrected chi connectivity index (χ3v) is 3.84. The number of aryl methyl sites for hydroxylation is 1. The number of amides is 2. The van der Waals surface area contributed by atoms with Crippen molar-refractivity contribution in [1.29, 1.82) is 0 Å². The van der Waals surface area contributed by atoms with E-state index in [1.54, 1.807) is 31.2 Å². The zero-order chi connectivity index (χ0) is 18.4. The van der Waals surface area contributed by atoms with Gasteiger partial charge in [-0.1, -0.05) is 35.9 Å². The van der Waals surface area contributed by atoms with Gasteiger partial charge in [-0.25, -0.2) is 0 Å². The summed E-state index contributed by atoms with van der Waals surface area (Å²) in [5, 5.41) is 5.49. The maximum absolute atomic E-state index is 12.3. The SMILES string of the molecule is COC(C)C(=O)Nc1cccc(NC(=O)C(N)c2ccc(C)cc2)c1. The van der Waals surface area contributed by atoms with Gasteiger partial charge >= 0.3 is 0 Å². The Morgan fingerprint density at radius 3 is 2.12 bits per heavy atom. The van der Waals surface area contributed by atoms with Crippen molar-refractivity contribution in [2.24, 2.45) is 5.73 Å². The summed E-state index contributed by atoms with van der Waals surface area (Å²) in [6.45, 7) is 3.63. The van der Waals surface area contributed by atoms with Gasteiger partial charge in [0.15, 0.2) is 0 Å². The van der Waals surface area contributed by atoms with Crippen LogP contribution in [0.15, 0.2) is 48.5 Å². The smallest absolute Gasteiger partial charge is 0.253 e. The van der Waals surface area contributed by atoms with Crippen LogP contribution in [-0.4, -0.2) is 25.0 Å². The topological polar surface area (TPSA) is 93.5 Å². The second-order valence-electron chi connectivity index (χ2n) is 5.83. The second-order valence-corrected chi connectivity index (χ2v) is 5.83. The van der Waals surface area contributed by atoms with Crippen LogP contribution in [0.4, 0.5) is 11.4 Å². The van der Waals surface area contributed by atoms with Gasteiger partial charge in [0.25, 0.3) is 5.91 Å². The lowest BCUT2D eigenvalue weighted by molar-refractivity contribution is -0.124. The van der Waals surface area contributed by atoms with Crippen LogP contribution in [0.2, 0.25) is 0 Å². The van der Waals surface area contributed by atoms with E-state index < -0.39 is 12.1 Å². The molecule has 0 heterocycles. The number of hydrogen-bond acceptors (Lipinski definition) is 4. The predicted molar refractivity (Wildman–Crippen MR) is 98.3 cm³/mol. The molecule has 0 saturated carbocycles. The quantitative estimate of drug-likeness (QED) is 0.753. The second kappa shape index (κ2) is 8.41. The molecular formula is C19H23N3O3. The van der Waals surface area contributed by atoms with Gasteiger partial charge in [-0.05, 0) is 37.6 Å². The van der Waals surface area contributed by atoms with E-state index in [9.17, 15) is 9.59 Å². The number of carbonyl (C=O) groups excluding carboxylic acids is 2. The third kappa shape index (κ3) is 5.14. The van der Waals surface area contributed by atoms with E-state index in [0.29, 0.717) is 11.4 Å². The Bertz CT molecular complexity index is 744. The van der Waals surface area contributed by atoms with Crippen molar-refractivity contribution in [3.05, 3.63) is 59.7 Å². The van der Waals surface area contributed by atoms with Gasteiger partial charge in [0.2, 0.25) is 5.91 Å². The van der Waals surface area contributed by atoms with Gasteiger partial charge in [0.05, 0.1) is 0 Å². The molecule has 0 aliphatic carbocycles. The van der Waals surface area contributed by atoms with Crippen molar-refractivity contribution in [2.75, 3.05) is 17.7 Å². The van der Waals surface area contributed by atoms with E-state index in [4.69, 9.17) is 10.5 Å². The van der Waals surface area contributed by atoms with E-state index in [-0.39, 0.29) is 11.8 Å². The average Bonchev–Trinajstić information content (AvgIpc) is 2.61. The highest BCUT2D eigenvalue weighted by Crippen LogP contribution is 2.18. The monoisotopic (exact) mass is 341 g/mol. The van der Waals surface area contributed by atoms with E-state index in [0.717, 1.165) is 11.1 Å². The molecule has 2 aromatic rings. The molecule has 0 fully saturated rings. The van der Waals surface area contributed by atoms with Crippen molar-refractivity contribution in [2.45, 2.75) is 26.0 Å². The molecule has 0 spiro atoms. The lowest BCUT2D eigenvalue weighted by atomic mass is 10.1. The minimum absolute atomic E-state index is 0.262. The van der Waals surface area contributed by atoms with Gasteiger partial charge < -0.3 is 21.1 Å². The Morgan fingerprint density at radius 2 is 1.56 bits per heavy atom. The summed E-state index contributed by atoms with van der Waals surface area (Å²) >= 11 is 0. The average molecular weight is 341 g/mol. The summed E-state index contributed by atoms with van der Waals surface area (Å²) in [6.07, 6.45) is -0.562. The number of anilines is 2. The number of nitrogens with one attached hydrogen (secondary N) is 2. The fourth-order valence-corrected chi connectivity index (χ4v) is 2.17. The van der Waals surface area contributed by atoms with Crippen molar-refractivity contribution in [3.63, 3.8) is 0 Å². The molecule has 2 rings (SSSR count). The Labute approximate surface area is 147 Å². The Hall–Kier alpha value is -2.70. The van der Waals surface area contributed by atoms with Crippen LogP contribution in [0.25, 0.3) is 0 Å². The zero-order valence-electron chi connectivity index (χ0n) is 14.6. The molecule has 25 heavy (non-hydrogen) atoms. The van der Waals surface area contributed by atoms with Gasteiger partial charge in [-0.2, -0.15) is 0 Å². The normalized spacial score (nSPS) is 13.0. The molecule has 4 N–H and O–H groups in total. The summed E-state index contributed by atoms with van der Waals surface area (Å²) in [4.78, 5) is 24.2. The van der Waals surface area contributed by atoms with Gasteiger partial charge in [0.1, 0.15) is 12.1 Å². The number of carbonyl (C=O) groups is 2. The lowest BCUT2D eigenvalue weighted by Gasteiger charge is -2.14. The number of methoxy groups -OCH3 is 1. The van der Waals surface area contributed by atoms with Crippen LogP contribution >= 0.6 is 0 Å². The molecule has 0 aromatic heterocycles. The highest BCUT2D eigenvalue weighted by molar-refractivity contribution is 5.97. The first-order valence-corrected chi connectivity index (χ1v) is 7.97. The first kappa shape index (κ1) is 18.6. The molecule has 132 valence electrons. The fourth-order valence-electron chi connectivity index (χ4n) is 2.17. The summed E-state index contributed by atoms with van der Waals surface area (Å²) < 4.78 is 4.97. The zero-order valence-corrected chi connectivity index (χ0v) is 14.6. The minimum Gasteiger partial charge on any atom is -0.372 e.